The van der Waals surface area contributed by atoms with Gasteiger partial charge in [-0.3, -0.25) is 0 Å². The Hall–Kier alpha value is -1.34. The van der Waals surface area contributed by atoms with Crippen molar-refractivity contribution in [2.45, 2.75) is 12.1 Å². The van der Waals surface area contributed by atoms with Gasteiger partial charge in [0.15, 0.2) is 5.16 Å². The highest BCUT2D eigenvalue weighted by Crippen LogP contribution is 2.19. The summed E-state index contributed by atoms with van der Waals surface area (Å²) in [5.41, 5.74) is 0.852. The number of hydrogen-bond acceptors (Lipinski definition) is 7. The van der Waals surface area contributed by atoms with E-state index in [1.54, 1.807) is 0 Å². The van der Waals surface area contributed by atoms with Crippen LogP contribution in [0.2, 0.25) is 0 Å². The zero-order chi connectivity index (χ0) is 13.8. The molecule has 0 bridgehead atoms. The summed E-state index contributed by atoms with van der Waals surface area (Å²) in [7, 11) is 2.10. The number of carboxylic acids is 1. The minimum absolute atomic E-state index is 0.119. The van der Waals surface area contributed by atoms with Crippen molar-refractivity contribution >= 4 is 23.5 Å². The molecule has 1 saturated heterocycles. The Morgan fingerprint density at radius 1 is 1.37 bits per heavy atom. The van der Waals surface area contributed by atoms with Crippen LogP contribution in [0.5, 0.6) is 0 Å². The molecule has 1 aliphatic rings. The lowest BCUT2D eigenvalue weighted by molar-refractivity contribution is -0.301. The molecular formula is C12H17N4O2S-. The maximum atomic E-state index is 10.5. The molecule has 1 aromatic heterocycles. The van der Waals surface area contributed by atoms with Crippen molar-refractivity contribution in [1.82, 2.24) is 14.9 Å². The summed E-state index contributed by atoms with van der Waals surface area (Å²) in [6.07, 6.45) is 0. The molecule has 0 spiro atoms. The second-order valence-electron chi connectivity index (χ2n) is 4.60. The van der Waals surface area contributed by atoms with Crippen molar-refractivity contribution in [2.24, 2.45) is 0 Å². The van der Waals surface area contributed by atoms with Crippen LogP contribution in [-0.2, 0) is 4.79 Å². The Labute approximate surface area is 116 Å². The number of aromatic nitrogens is 2. The predicted octanol–water partition coefficient (Wildman–Crippen LogP) is -0.621. The number of anilines is 1. The molecule has 0 aromatic carbocycles. The minimum atomic E-state index is -1.10. The molecule has 2 heterocycles. The number of carbonyl (C=O) groups is 1. The lowest BCUT2D eigenvalue weighted by atomic mass is 10.3. The van der Waals surface area contributed by atoms with E-state index in [0.717, 1.165) is 49.5 Å². The predicted molar refractivity (Wildman–Crippen MR) is 72.2 cm³/mol. The Kier molecular flexibility index (Phi) is 4.60. The number of hydrogen-bond donors (Lipinski definition) is 0. The molecule has 1 fully saturated rings. The summed E-state index contributed by atoms with van der Waals surface area (Å²) in [6.45, 7) is 5.76. The van der Waals surface area contributed by atoms with E-state index in [-0.39, 0.29) is 5.75 Å². The van der Waals surface area contributed by atoms with Crippen molar-refractivity contribution < 1.29 is 9.90 Å². The van der Waals surface area contributed by atoms with Crippen LogP contribution in [0.25, 0.3) is 0 Å². The van der Waals surface area contributed by atoms with Crippen LogP contribution in [0.15, 0.2) is 11.2 Å². The number of nitrogens with zero attached hydrogens (tertiary/aromatic N) is 4. The molecule has 0 atom stereocenters. The number of rotatable bonds is 4. The van der Waals surface area contributed by atoms with Crippen LogP contribution in [0.1, 0.15) is 5.69 Å². The minimum Gasteiger partial charge on any atom is -0.549 e. The number of aryl methyl sites for hydroxylation is 1. The van der Waals surface area contributed by atoms with Crippen LogP contribution < -0.4 is 10.0 Å². The van der Waals surface area contributed by atoms with Crippen molar-refractivity contribution in [1.29, 1.82) is 0 Å². The normalized spacial score (nSPS) is 16.6. The SMILES string of the molecule is Cc1cc(N2CCN(C)CC2)nc(SCC(=O)[O-])n1. The van der Waals surface area contributed by atoms with Gasteiger partial charge in [0.25, 0.3) is 0 Å². The van der Waals surface area contributed by atoms with E-state index >= 15 is 0 Å². The number of thioether (sulfide) groups is 1. The molecule has 6 nitrogen and oxygen atoms in total. The number of piperazine rings is 1. The van der Waals surface area contributed by atoms with Crippen molar-refractivity contribution in [3.63, 3.8) is 0 Å². The van der Waals surface area contributed by atoms with Gasteiger partial charge in [-0.15, -0.1) is 0 Å². The van der Waals surface area contributed by atoms with E-state index in [1.165, 1.54) is 0 Å². The first kappa shape index (κ1) is 14.1. The van der Waals surface area contributed by atoms with Crippen LogP contribution in [-0.4, -0.2) is 59.8 Å². The quantitative estimate of drug-likeness (QED) is 0.538. The second kappa shape index (κ2) is 6.21. The lowest BCUT2D eigenvalue weighted by Gasteiger charge is -2.33. The highest BCUT2D eigenvalue weighted by molar-refractivity contribution is 7.99. The third-order valence-corrected chi connectivity index (χ3v) is 3.79. The summed E-state index contributed by atoms with van der Waals surface area (Å²) in [5, 5.41) is 11.0. The van der Waals surface area contributed by atoms with Gasteiger partial charge in [0.2, 0.25) is 0 Å². The summed E-state index contributed by atoms with van der Waals surface area (Å²) in [5.74, 6) is -0.344. The Morgan fingerprint density at radius 2 is 2.05 bits per heavy atom. The molecule has 7 heteroatoms. The molecule has 0 N–H and O–H groups in total. The number of aliphatic carboxylic acids is 1. The summed E-state index contributed by atoms with van der Waals surface area (Å²) in [6, 6.07) is 1.94. The first-order valence-electron chi connectivity index (χ1n) is 6.16. The third kappa shape index (κ3) is 4.07. The molecule has 2 rings (SSSR count). The van der Waals surface area contributed by atoms with Crippen LogP contribution >= 0.6 is 11.8 Å². The van der Waals surface area contributed by atoms with Gasteiger partial charge in [0.05, 0.1) is 5.97 Å². The molecule has 0 saturated carbocycles. The Morgan fingerprint density at radius 3 is 2.68 bits per heavy atom. The maximum Gasteiger partial charge on any atom is 0.190 e. The lowest BCUT2D eigenvalue weighted by Crippen LogP contribution is -2.44. The fourth-order valence-corrected chi connectivity index (χ4v) is 2.52. The summed E-state index contributed by atoms with van der Waals surface area (Å²) < 4.78 is 0. The molecule has 104 valence electrons. The fourth-order valence-electron chi connectivity index (χ4n) is 1.91. The number of likely N-dealkylation sites (N-methyl/N-ethyl adjacent to an activating group) is 1. The van der Waals surface area contributed by atoms with E-state index in [0.29, 0.717) is 5.16 Å². The average molecular weight is 281 g/mol. The van der Waals surface area contributed by atoms with E-state index in [4.69, 9.17) is 0 Å². The first-order valence-corrected chi connectivity index (χ1v) is 7.15. The third-order valence-electron chi connectivity index (χ3n) is 2.97. The average Bonchev–Trinajstić information content (AvgIpc) is 2.36. The van der Waals surface area contributed by atoms with Crippen molar-refractivity contribution in [3.8, 4) is 0 Å². The molecule has 19 heavy (non-hydrogen) atoms. The molecular weight excluding hydrogens is 264 g/mol. The van der Waals surface area contributed by atoms with Gasteiger partial charge in [-0.25, -0.2) is 9.97 Å². The smallest absolute Gasteiger partial charge is 0.190 e. The highest BCUT2D eigenvalue weighted by Gasteiger charge is 2.16. The standard InChI is InChI=1S/C12H18N4O2S/c1-9-7-10(16-5-3-15(2)4-6-16)14-12(13-9)19-8-11(17)18/h7H,3-6,8H2,1-2H3,(H,17,18)/p-1. The van der Waals surface area contributed by atoms with E-state index in [2.05, 4.69) is 26.8 Å². The van der Waals surface area contributed by atoms with Gasteiger partial charge in [-0.2, -0.15) is 0 Å². The van der Waals surface area contributed by atoms with Crippen molar-refractivity contribution in [2.75, 3.05) is 43.9 Å². The van der Waals surface area contributed by atoms with Crippen LogP contribution in [0.3, 0.4) is 0 Å². The van der Waals surface area contributed by atoms with Crippen LogP contribution in [0, 0.1) is 6.92 Å². The summed E-state index contributed by atoms with van der Waals surface area (Å²) in [4.78, 5) is 23.6. The van der Waals surface area contributed by atoms with Gasteiger partial charge in [-0.1, -0.05) is 11.8 Å². The Balaban J connectivity index is 2.09. The maximum absolute atomic E-state index is 10.5. The second-order valence-corrected chi connectivity index (χ2v) is 5.54. The molecule has 1 aliphatic heterocycles. The number of carboxylic acid groups (broad SMARTS) is 1. The molecule has 0 amide bonds. The van der Waals surface area contributed by atoms with Crippen LogP contribution in [0.4, 0.5) is 5.82 Å². The van der Waals surface area contributed by atoms with Gasteiger partial charge < -0.3 is 19.7 Å². The summed E-state index contributed by atoms with van der Waals surface area (Å²) >= 11 is 1.10. The molecule has 1 aromatic rings. The van der Waals surface area contributed by atoms with Gasteiger partial charge in [-0.05, 0) is 14.0 Å². The zero-order valence-electron chi connectivity index (χ0n) is 11.1. The van der Waals surface area contributed by atoms with Crippen molar-refractivity contribution in [3.05, 3.63) is 11.8 Å². The largest absolute Gasteiger partial charge is 0.549 e. The number of carbonyl (C=O) groups excluding carboxylic acids is 1. The van der Waals surface area contributed by atoms with Gasteiger partial charge >= 0.3 is 0 Å². The van der Waals surface area contributed by atoms with E-state index in [9.17, 15) is 9.90 Å². The van der Waals surface area contributed by atoms with E-state index in [1.807, 2.05) is 13.0 Å². The van der Waals surface area contributed by atoms with Gasteiger partial charge in [0, 0.05) is 43.7 Å². The molecule has 0 unspecified atom stereocenters. The zero-order valence-corrected chi connectivity index (χ0v) is 11.9. The Bertz CT molecular complexity index is 461. The fraction of sp³-hybridized carbons (Fsp3) is 0.583. The first-order chi connectivity index (χ1) is 9.04. The van der Waals surface area contributed by atoms with E-state index < -0.39 is 5.97 Å². The molecule has 0 aliphatic carbocycles. The topological polar surface area (TPSA) is 72.4 Å². The monoisotopic (exact) mass is 281 g/mol. The highest BCUT2D eigenvalue weighted by atomic mass is 32.2. The van der Waals surface area contributed by atoms with Gasteiger partial charge in [0.1, 0.15) is 5.82 Å². The molecule has 0 radical (unpaired) electrons.